The molecule has 2 rings (SSSR count). The molecule has 1 aromatic rings. The number of nitrogens with one attached hydrogen (secondary N) is 1. The van der Waals surface area contributed by atoms with Crippen LogP contribution < -0.4 is 5.32 Å². The zero-order valence-electron chi connectivity index (χ0n) is 8.91. The maximum atomic E-state index is 11.4. The third-order valence-corrected chi connectivity index (χ3v) is 2.63. The van der Waals surface area contributed by atoms with Crippen molar-refractivity contribution >= 4 is 11.8 Å². The quantitative estimate of drug-likeness (QED) is 0.766. The van der Waals surface area contributed by atoms with Gasteiger partial charge in [-0.15, -0.1) is 0 Å². The van der Waals surface area contributed by atoms with Gasteiger partial charge in [0.25, 0.3) is 0 Å². The van der Waals surface area contributed by atoms with E-state index in [4.69, 9.17) is 4.74 Å². The molecule has 1 heterocycles. The molecule has 1 aromatic heterocycles. The summed E-state index contributed by atoms with van der Waals surface area (Å²) in [7, 11) is 1.37. The van der Waals surface area contributed by atoms with Crippen LogP contribution in [-0.2, 0) is 4.74 Å². The molecule has 0 amide bonds. The van der Waals surface area contributed by atoms with E-state index >= 15 is 0 Å². The first-order valence-electron chi connectivity index (χ1n) is 4.96. The Hall–Kier alpha value is -1.58. The Balaban J connectivity index is 2.25. The lowest BCUT2D eigenvalue weighted by Gasteiger charge is -2.14. The van der Waals surface area contributed by atoms with Gasteiger partial charge < -0.3 is 10.1 Å². The molecule has 1 saturated carbocycles. The monoisotopic (exact) mass is 206 g/mol. The van der Waals surface area contributed by atoms with E-state index in [1.54, 1.807) is 18.3 Å². The molecule has 0 unspecified atom stereocenters. The molecule has 80 valence electrons. The van der Waals surface area contributed by atoms with Gasteiger partial charge in [0.1, 0.15) is 11.4 Å². The van der Waals surface area contributed by atoms with Crippen LogP contribution in [0.1, 0.15) is 30.1 Å². The summed E-state index contributed by atoms with van der Waals surface area (Å²) in [6.07, 6.45) is 3.90. The Kier molecular flexibility index (Phi) is 2.34. The molecule has 0 radical (unpaired) electrons. The molecule has 1 aliphatic carbocycles. The van der Waals surface area contributed by atoms with Crippen molar-refractivity contribution in [3.05, 3.63) is 23.9 Å². The average molecular weight is 206 g/mol. The van der Waals surface area contributed by atoms with Gasteiger partial charge in [0.15, 0.2) is 0 Å². The Morgan fingerprint density at radius 2 is 2.33 bits per heavy atom. The maximum Gasteiger partial charge on any atom is 0.341 e. The highest BCUT2D eigenvalue weighted by atomic mass is 16.5. The van der Waals surface area contributed by atoms with Crippen LogP contribution in [0.15, 0.2) is 18.3 Å². The summed E-state index contributed by atoms with van der Waals surface area (Å²) in [5, 5.41) is 3.26. The number of aromatic nitrogens is 1. The highest BCUT2D eigenvalue weighted by Crippen LogP contribution is 2.38. The van der Waals surface area contributed by atoms with Crippen LogP contribution in [0.5, 0.6) is 0 Å². The van der Waals surface area contributed by atoms with Crippen molar-refractivity contribution in [3.63, 3.8) is 0 Å². The highest BCUT2D eigenvalue weighted by Gasteiger charge is 2.38. The zero-order chi connectivity index (χ0) is 10.9. The Morgan fingerprint density at radius 3 is 2.93 bits per heavy atom. The van der Waals surface area contributed by atoms with Gasteiger partial charge in [-0.25, -0.2) is 9.78 Å². The number of methoxy groups -OCH3 is 1. The number of hydrogen-bond acceptors (Lipinski definition) is 4. The van der Waals surface area contributed by atoms with Crippen LogP contribution in [0.3, 0.4) is 0 Å². The van der Waals surface area contributed by atoms with E-state index in [1.807, 2.05) is 0 Å². The minimum Gasteiger partial charge on any atom is -0.465 e. The van der Waals surface area contributed by atoms with Crippen molar-refractivity contribution in [1.29, 1.82) is 0 Å². The van der Waals surface area contributed by atoms with Crippen LogP contribution >= 0.6 is 0 Å². The molecule has 0 bridgehead atoms. The predicted molar refractivity (Wildman–Crippen MR) is 56.8 cm³/mol. The van der Waals surface area contributed by atoms with Crippen molar-refractivity contribution in [2.45, 2.75) is 25.3 Å². The molecule has 0 aromatic carbocycles. The van der Waals surface area contributed by atoms with Crippen molar-refractivity contribution < 1.29 is 9.53 Å². The Bertz CT molecular complexity index is 386. The second kappa shape index (κ2) is 3.53. The molecule has 15 heavy (non-hydrogen) atoms. The summed E-state index contributed by atoms with van der Waals surface area (Å²) in [5.74, 6) is 0.263. The van der Waals surface area contributed by atoms with Crippen LogP contribution in [0.2, 0.25) is 0 Å². The third-order valence-electron chi connectivity index (χ3n) is 2.63. The summed E-state index contributed by atoms with van der Waals surface area (Å²) >= 11 is 0. The van der Waals surface area contributed by atoms with E-state index in [2.05, 4.69) is 17.2 Å². The standard InChI is InChI=1S/C11H14N2O2/c1-11(5-6-11)13-9-8(10(14)15-2)4-3-7-12-9/h3-4,7H,5-6H2,1-2H3,(H,12,13). The number of carbonyl (C=O) groups excluding carboxylic acids is 1. The minimum absolute atomic E-state index is 0.108. The highest BCUT2D eigenvalue weighted by molar-refractivity contribution is 5.94. The van der Waals surface area contributed by atoms with E-state index in [-0.39, 0.29) is 11.5 Å². The summed E-state index contributed by atoms with van der Waals surface area (Å²) in [6.45, 7) is 2.11. The normalized spacial score (nSPS) is 16.9. The number of nitrogens with zero attached hydrogens (tertiary/aromatic N) is 1. The molecule has 1 fully saturated rings. The zero-order valence-corrected chi connectivity index (χ0v) is 8.91. The van der Waals surface area contributed by atoms with E-state index < -0.39 is 0 Å². The van der Waals surface area contributed by atoms with E-state index in [0.717, 1.165) is 12.8 Å². The van der Waals surface area contributed by atoms with Gasteiger partial charge in [-0.2, -0.15) is 0 Å². The predicted octanol–water partition coefficient (Wildman–Crippen LogP) is 1.83. The van der Waals surface area contributed by atoms with E-state index in [9.17, 15) is 4.79 Å². The van der Waals surface area contributed by atoms with Gasteiger partial charge in [-0.3, -0.25) is 0 Å². The summed E-state index contributed by atoms with van der Waals surface area (Å²) in [4.78, 5) is 15.6. The summed E-state index contributed by atoms with van der Waals surface area (Å²) < 4.78 is 4.69. The molecular weight excluding hydrogens is 192 g/mol. The maximum absolute atomic E-state index is 11.4. The SMILES string of the molecule is COC(=O)c1cccnc1NC1(C)CC1. The minimum atomic E-state index is -0.352. The van der Waals surface area contributed by atoms with Crippen molar-refractivity contribution in [2.24, 2.45) is 0 Å². The Labute approximate surface area is 88.7 Å². The number of rotatable bonds is 3. The van der Waals surface area contributed by atoms with Crippen LogP contribution in [0, 0.1) is 0 Å². The van der Waals surface area contributed by atoms with E-state index in [1.165, 1.54) is 7.11 Å². The first-order chi connectivity index (χ1) is 7.14. The van der Waals surface area contributed by atoms with Crippen molar-refractivity contribution in [1.82, 2.24) is 4.98 Å². The third kappa shape index (κ3) is 2.09. The molecule has 0 spiro atoms. The van der Waals surface area contributed by atoms with Crippen LogP contribution in [-0.4, -0.2) is 23.6 Å². The van der Waals surface area contributed by atoms with Crippen LogP contribution in [0.4, 0.5) is 5.82 Å². The number of anilines is 1. The fraction of sp³-hybridized carbons (Fsp3) is 0.455. The molecule has 0 atom stereocenters. The van der Waals surface area contributed by atoms with Gasteiger partial charge in [0, 0.05) is 11.7 Å². The number of ether oxygens (including phenoxy) is 1. The van der Waals surface area contributed by atoms with Crippen molar-refractivity contribution in [2.75, 3.05) is 12.4 Å². The molecule has 0 saturated heterocycles. The largest absolute Gasteiger partial charge is 0.465 e. The number of pyridine rings is 1. The molecule has 0 aliphatic heterocycles. The van der Waals surface area contributed by atoms with Crippen LogP contribution in [0.25, 0.3) is 0 Å². The lowest BCUT2D eigenvalue weighted by Crippen LogP contribution is -2.19. The fourth-order valence-electron chi connectivity index (χ4n) is 1.38. The molecule has 1 N–H and O–H groups in total. The van der Waals surface area contributed by atoms with Gasteiger partial charge in [-0.05, 0) is 31.9 Å². The topological polar surface area (TPSA) is 51.2 Å². The lowest BCUT2D eigenvalue weighted by molar-refractivity contribution is 0.0601. The second-order valence-corrected chi connectivity index (χ2v) is 4.08. The van der Waals surface area contributed by atoms with Gasteiger partial charge >= 0.3 is 5.97 Å². The number of esters is 1. The second-order valence-electron chi connectivity index (χ2n) is 4.08. The van der Waals surface area contributed by atoms with Gasteiger partial charge in [-0.1, -0.05) is 0 Å². The summed E-state index contributed by atoms with van der Waals surface area (Å²) in [5.41, 5.74) is 0.602. The van der Waals surface area contributed by atoms with Gasteiger partial charge in [0.05, 0.1) is 7.11 Å². The molecule has 4 heteroatoms. The van der Waals surface area contributed by atoms with Crippen molar-refractivity contribution in [3.8, 4) is 0 Å². The number of hydrogen-bond donors (Lipinski definition) is 1. The molecule has 4 nitrogen and oxygen atoms in total. The lowest BCUT2D eigenvalue weighted by atomic mass is 10.2. The van der Waals surface area contributed by atoms with E-state index in [0.29, 0.717) is 11.4 Å². The smallest absolute Gasteiger partial charge is 0.341 e. The number of carbonyl (C=O) groups is 1. The first kappa shape index (κ1) is 9.96. The molecular formula is C11H14N2O2. The Morgan fingerprint density at radius 1 is 1.60 bits per heavy atom. The molecule has 1 aliphatic rings. The average Bonchev–Trinajstić information content (AvgIpc) is 2.96. The first-order valence-corrected chi connectivity index (χ1v) is 4.96. The van der Waals surface area contributed by atoms with Gasteiger partial charge in [0.2, 0.25) is 0 Å². The summed E-state index contributed by atoms with van der Waals surface area (Å²) in [6, 6.07) is 3.44. The fourth-order valence-corrected chi connectivity index (χ4v) is 1.38.